The lowest BCUT2D eigenvalue weighted by molar-refractivity contribution is -0.106. The third-order valence-corrected chi connectivity index (χ3v) is 1.77. The number of halogens is 1. The first-order valence-corrected chi connectivity index (χ1v) is 4.76. The summed E-state index contributed by atoms with van der Waals surface area (Å²) in [4.78, 5) is 12.4. The highest BCUT2D eigenvalue weighted by molar-refractivity contribution is 6.30. The van der Waals surface area contributed by atoms with E-state index in [1.807, 2.05) is 14.1 Å². The van der Waals surface area contributed by atoms with Crippen molar-refractivity contribution in [2.24, 2.45) is 0 Å². The van der Waals surface area contributed by atoms with Crippen molar-refractivity contribution in [3.8, 4) is 5.75 Å². The lowest BCUT2D eigenvalue weighted by atomic mass is 10.3. The van der Waals surface area contributed by atoms with E-state index >= 15 is 0 Å². The standard InChI is InChI=1S/C11H12ClNO2/c1-13(2)7-11(8-14)15-10-5-3-4-9(12)6-10/h3-8H,1-2H3/b11-7-. The molecule has 0 fully saturated rings. The summed E-state index contributed by atoms with van der Waals surface area (Å²) in [7, 11) is 3.62. The summed E-state index contributed by atoms with van der Waals surface area (Å²) in [6.45, 7) is 0. The van der Waals surface area contributed by atoms with Gasteiger partial charge >= 0.3 is 0 Å². The van der Waals surface area contributed by atoms with Crippen LogP contribution in [0.4, 0.5) is 0 Å². The maximum Gasteiger partial charge on any atom is 0.186 e. The number of hydrogen-bond acceptors (Lipinski definition) is 3. The van der Waals surface area contributed by atoms with Crippen molar-refractivity contribution in [3.05, 3.63) is 41.2 Å². The number of aldehydes is 1. The van der Waals surface area contributed by atoms with Crippen LogP contribution < -0.4 is 4.74 Å². The molecule has 15 heavy (non-hydrogen) atoms. The first kappa shape index (κ1) is 11.6. The van der Waals surface area contributed by atoms with E-state index in [0.29, 0.717) is 17.1 Å². The van der Waals surface area contributed by atoms with Crippen LogP contribution in [0.5, 0.6) is 5.75 Å². The number of benzene rings is 1. The van der Waals surface area contributed by atoms with E-state index in [1.54, 1.807) is 35.4 Å². The minimum atomic E-state index is 0.238. The third-order valence-electron chi connectivity index (χ3n) is 1.53. The van der Waals surface area contributed by atoms with Crippen LogP contribution in [0.25, 0.3) is 0 Å². The van der Waals surface area contributed by atoms with Gasteiger partial charge in [0.05, 0.1) is 0 Å². The molecule has 0 bridgehead atoms. The summed E-state index contributed by atoms with van der Waals surface area (Å²) in [5.74, 6) is 0.782. The maximum atomic E-state index is 10.7. The summed E-state index contributed by atoms with van der Waals surface area (Å²) in [6.07, 6.45) is 2.24. The number of rotatable bonds is 4. The Kier molecular flexibility index (Phi) is 4.18. The van der Waals surface area contributed by atoms with Gasteiger partial charge in [-0.3, -0.25) is 4.79 Å². The highest BCUT2D eigenvalue weighted by Gasteiger charge is 2.00. The summed E-state index contributed by atoms with van der Waals surface area (Å²) >= 11 is 5.78. The molecule has 0 amide bonds. The fourth-order valence-corrected chi connectivity index (χ4v) is 1.18. The van der Waals surface area contributed by atoms with Gasteiger partial charge in [-0.2, -0.15) is 0 Å². The number of nitrogens with zero attached hydrogens (tertiary/aromatic N) is 1. The fraction of sp³-hybridized carbons (Fsp3) is 0.182. The van der Waals surface area contributed by atoms with Crippen molar-refractivity contribution in [1.82, 2.24) is 4.90 Å². The van der Waals surface area contributed by atoms with E-state index < -0.39 is 0 Å². The molecule has 4 heteroatoms. The number of allylic oxidation sites excluding steroid dienone is 1. The average Bonchev–Trinajstić information content (AvgIpc) is 2.16. The van der Waals surface area contributed by atoms with Gasteiger partial charge in [-0.25, -0.2) is 0 Å². The van der Waals surface area contributed by atoms with Gasteiger partial charge in [0.25, 0.3) is 0 Å². The summed E-state index contributed by atoms with van der Waals surface area (Å²) < 4.78 is 5.32. The lowest BCUT2D eigenvalue weighted by Gasteiger charge is -2.08. The molecule has 3 nitrogen and oxygen atoms in total. The van der Waals surface area contributed by atoms with Crippen molar-refractivity contribution in [2.45, 2.75) is 0 Å². The maximum absolute atomic E-state index is 10.7. The van der Waals surface area contributed by atoms with E-state index in [2.05, 4.69) is 0 Å². The van der Waals surface area contributed by atoms with Gasteiger partial charge in [0.1, 0.15) is 5.75 Å². The quantitative estimate of drug-likeness (QED) is 0.448. The summed E-state index contributed by atoms with van der Waals surface area (Å²) in [6, 6.07) is 6.88. The molecule has 0 atom stereocenters. The van der Waals surface area contributed by atoms with Gasteiger partial charge in [0.15, 0.2) is 12.0 Å². The molecule has 0 aliphatic carbocycles. The number of hydrogen-bond donors (Lipinski definition) is 0. The second-order valence-electron chi connectivity index (χ2n) is 3.17. The van der Waals surface area contributed by atoms with Crippen molar-refractivity contribution in [2.75, 3.05) is 14.1 Å². The van der Waals surface area contributed by atoms with Crippen molar-refractivity contribution < 1.29 is 9.53 Å². The first-order valence-electron chi connectivity index (χ1n) is 4.38. The van der Waals surface area contributed by atoms with Crippen molar-refractivity contribution >= 4 is 17.9 Å². The minimum Gasteiger partial charge on any atom is -0.452 e. The molecule has 1 rings (SSSR count). The molecule has 0 spiro atoms. The molecule has 80 valence electrons. The molecule has 0 radical (unpaired) electrons. The van der Waals surface area contributed by atoms with Crippen LogP contribution in [-0.4, -0.2) is 25.3 Å². The zero-order chi connectivity index (χ0) is 11.3. The van der Waals surface area contributed by atoms with Gasteiger partial charge in [-0.05, 0) is 18.2 Å². The van der Waals surface area contributed by atoms with E-state index in [0.717, 1.165) is 0 Å². The van der Waals surface area contributed by atoms with Crippen LogP contribution >= 0.6 is 11.6 Å². The van der Waals surface area contributed by atoms with E-state index in [4.69, 9.17) is 16.3 Å². The Bertz CT molecular complexity index is 375. The second kappa shape index (κ2) is 5.41. The normalized spacial score (nSPS) is 11.0. The molecule has 0 aromatic heterocycles. The Balaban J connectivity index is 2.80. The van der Waals surface area contributed by atoms with E-state index in [1.165, 1.54) is 0 Å². The Labute approximate surface area is 93.9 Å². The molecule has 0 saturated heterocycles. The molecule has 0 aliphatic rings. The number of carbonyl (C=O) groups excluding carboxylic acids is 1. The monoisotopic (exact) mass is 225 g/mol. The van der Waals surface area contributed by atoms with Gasteiger partial charge in [-0.1, -0.05) is 17.7 Å². The SMILES string of the molecule is CN(C)/C=C(/C=O)Oc1cccc(Cl)c1. The summed E-state index contributed by atoms with van der Waals surface area (Å²) in [5, 5.41) is 0.572. The van der Waals surface area contributed by atoms with Gasteiger partial charge in [0.2, 0.25) is 0 Å². The largest absolute Gasteiger partial charge is 0.452 e. The molecular weight excluding hydrogens is 214 g/mol. The molecule has 1 aromatic rings. The molecule has 0 heterocycles. The van der Waals surface area contributed by atoms with E-state index in [9.17, 15) is 4.79 Å². The van der Waals surface area contributed by atoms with Gasteiger partial charge in [-0.15, -0.1) is 0 Å². The highest BCUT2D eigenvalue weighted by atomic mass is 35.5. The predicted molar refractivity (Wildman–Crippen MR) is 59.9 cm³/mol. The average molecular weight is 226 g/mol. The molecule has 0 aliphatic heterocycles. The zero-order valence-corrected chi connectivity index (χ0v) is 9.36. The summed E-state index contributed by atoms with van der Waals surface area (Å²) in [5.41, 5.74) is 0. The Morgan fingerprint density at radius 2 is 2.20 bits per heavy atom. The number of ether oxygens (including phenoxy) is 1. The third kappa shape index (κ3) is 4.04. The minimum absolute atomic E-state index is 0.238. The van der Waals surface area contributed by atoms with Crippen molar-refractivity contribution in [3.63, 3.8) is 0 Å². The van der Waals surface area contributed by atoms with Crippen LogP contribution in [0.2, 0.25) is 5.02 Å². The van der Waals surface area contributed by atoms with Crippen LogP contribution in [0.3, 0.4) is 0 Å². The Morgan fingerprint density at radius 1 is 1.47 bits per heavy atom. The Hall–Kier alpha value is -1.48. The van der Waals surface area contributed by atoms with Gasteiger partial charge < -0.3 is 9.64 Å². The smallest absolute Gasteiger partial charge is 0.186 e. The molecular formula is C11H12ClNO2. The van der Waals surface area contributed by atoms with Crippen molar-refractivity contribution in [1.29, 1.82) is 0 Å². The topological polar surface area (TPSA) is 29.5 Å². The molecule has 1 aromatic carbocycles. The van der Waals surface area contributed by atoms with Crippen LogP contribution in [-0.2, 0) is 4.79 Å². The molecule has 0 N–H and O–H groups in total. The Morgan fingerprint density at radius 3 is 2.73 bits per heavy atom. The number of carbonyl (C=O) groups is 1. The molecule has 0 saturated carbocycles. The van der Waals surface area contributed by atoms with Gasteiger partial charge in [0, 0.05) is 25.3 Å². The zero-order valence-electron chi connectivity index (χ0n) is 8.61. The predicted octanol–water partition coefficient (Wildman–Crippen LogP) is 2.32. The highest BCUT2D eigenvalue weighted by Crippen LogP contribution is 2.18. The van der Waals surface area contributed by atoms with Crippen LogP contribution in [0.1, 0.15) is 0 Å². The first-order chi connectivity index (χ1) is 7.11. The molecule has 0 unspecified atom stereocenters. The second-order valence-corrected chi connectivity index (χ2v) is 3.61. The van der Waals surface area contributed by atoms with E-state index in [-0.39, 0.29) is 5.76 Å². The fourth-order valence-electron chi connectivity index (χ4n) is 1.00. The van der Waals surface area contributed by atoms with Crippen LogP contribution in [0, 0.1) is 0 Å². The van der Waals surface area contributed by atoms with Crippen LogP contribution in [0.15, 0.2) is 36.2 Å². The lowest BCUT2D eigenvalue weighted by Crippen LogP contribution is -2.07.